The third-order valence-corrected chi connectivity index (χ3v) is 2.27. The van der Waals surface area contributed by atoms with E-state index in [2.05, 4.69) is 10.1 Å². The second-order valence-corrected chi connectivity index (χ2v) is 3.50. The van der Waals surface area contributed by atoms with Gasteiger partial charge in [-0.05, 0) is 12.1 Å². The molecule has 2 rings (SSSR count). The Labute approximate surface area is 91.0 Å². The van der Waals surface area contributed by atoms with Gasteiger partial charge in [0.1, 0.15) is 11.0 Å². The number of nitrogens with zero attached hydrogens (tertiary/aromatic N) is 3. The van der Waals surface area contributed by atoms with Crippen molar-refractivity contribution in [3.05, 3.63) is 24.4 Å². The van der Waals surface area contributed by atoms with Gasteiger partial charge < -0.3 is 5.11 Å². The Balaban J connectivity index is 2.31. The van der Waals surface area contributed by atoms with Gasteiger partial charge in [-0.25, -0.2) is 14.8 Å². The van der Waals surface area contributed by atoms with Gasteiger partial charge in [-0.3, -0.25) is 0 Å². The first-order chi connectivity index (χ1) is 7.18. The molecular weight excluding hydrogens is 218 g/mol. The van der Waals surface area contributed by atoms with Gasteiger partial charge in [-0.1, -0.05) is 17.7 Å². The summed E-state index contributed by atoms with van der Waals surface area (Å²) < 4.78 is 0. The number of rotatable bonds is 2. The van der Waals surface area contributed by atoms with Crippen molar-refractivity contribution in [3.63, 3.8) is 0 Å². The molecule has 0 radical (unpaired) electrons. The summed E-state index contributed by atoms with van der Waals surface area (Å²) in [5, 5.41) is 14.5. The summed E-state index contributed by atoms with van der Waals surface area (Å²) in [6, 6.07) is 4.45. The van der Waals surface area contributed by atoms with Crippen molar-refractivity contribution in [1.29, 1.82) is 0 Å². The number of carboxylic acids is 1. The average Bonchev–Trinajstić information content (AvgIpc) is 2.62. The standard InChI is InChI=1S/C9H8ClN3O2/c10-7-5-6(9(14)15)13(12-7)8-3-1-2-4-11-8/h1-4,6H,5H2,(H,14,15). The van der Waals surface area contributed by atoms with E-state index >= 15 is 0 Å². The minimum absolute atomic E-state index is 0.216. The highest BCUT2D eigenvalue weighted by Crippen LogP contribution is 2.23. The Kier molecular flexibility index (Phi) is 2.55. The molecule has 1 N–H and O–H groups in total. The van der Waals surface area contributed by atoms with Crippen LogP contribution in [0.5, 0.6) is 0 Å². The number of aliphatic carboxylic acids is 1. The van der Waals surface area contributed by atoms with Crippen LogP contribution in [0.2, 0.25) is 0 Å². The summed E-state index contributed by atoms with van der Waals surface area (Å²) in [4.78, 5) is 15.0. The van der Waals surface area contributed by atoms with Gasteiger partial charge in [0.15, 0.2) is 6.04 Å². The number of halogens is 1. The zero-order valence-corrected chi connectivity index (χ0v) is 8.42. The predicted octanol–water partition coefficient (Wildman–Crippen LogP) is 1.30. The SMILES string of the molecule is O=C(O)C1CC(Cl)=NN1c1ccccn1. The van der Waals surface area contributed by atoms with Crippen LogP contribution in [-0.4, -0.2) is 27.3 Å². The van der Waals surface area contributed by atoms with E-state index in [1.165, 1.54) is 5.01 Å². The van der Waals surface area contributed by atoms with E-state index < -0.39 is 12.0 Å². The van der Waals surface area contributed by atoms with Gasteiger partial charge in [0.05, 0.1) is 0 Å². The number of aromatic nitrogens is 1. The van der Waals surface area contributed by atoms with Crippen LogP contribution < -0.4 is 5.01 Å². The molecule has 0 fully saturated rings. The van der Waals surface area contributed by atoms with Gasteiger partial charge in [0.25, 0.3) is 0 Å². The maximum Gasteiger partial charge on any atom is 0.329 e. The van der Waals surface area contributed by atoms with E-state index in [1.807, 2.05) is 0 Å². The van der Waals surface area contributed by atoms with Crippen molar-refractivity contribution in [2.45, 2.75) is 12.5 Å². The molecule has 0 aromatic carbocycles. The van der Waals surface area contributed by atoms with Crippen molar-refractivity contribution in [2.24, 2.45) is 5.10 Å². The number of carboxylic acid groups (broad SMARTS) is 1. The number of pyridine rings is 1. The third kappa shape index (κ3) is 1.92. The molecule has 1 aromatic rings. The predicted molar refractivity (Wildman–Crippen MR) is 56.0 cm³/mol. The molecule has 1 aromatic heterocycles. The molecule has 1 atom stereocenters. The topological polar surface area (TPSA) is 65.8 Å². The third-order valence-electron chi connectivity index (χ3n) is 2.04. The van der Waals surface area contributed by atoms with E-state index in [0.717, 1.165) is 0 Å². The molecule has 1 aliphatic rings. The molecule has 15 heavy (non-hydrogen) atoms. The Morgan fingerprint density at radius 2 is 2.40 bits per heavy atom. The van der Waals surface area contributed by atoms with E-state index in [9.17, 15) is 4.79 Å². The Hall–Kier alpha value is -1.62. The van der Waals surface area contributed by atoms with Crippen LogP contribution >= 0.6 is 11.6 Å². The first kappa shape index (κ1) is 9.92. The molecule has 0 spiro atoms. The highest BCUT2D eigenvalue weighted by molar-refractivity contribution is 6.66. The summed E-state index contributed by atoms with van der Waals surface area (Å²) >= 11 is 5.71. The molecule has 0 bridgehead atoms. The Bertz CT molecular complexity index is 407. The summed E-state index contributed by atoms with van der Waals surface area (Å²) in [5.74, 6) is -0.472. The van der Waals surface area contributed by atoms with E-state index in [-0.39, 0.29) is 11.6 Å². The van der Waals surface area contributed by atoms with Gasteiger partial charge in [-0.15, -0.1) is 0 Å². The maximum absolute atomic E-state index is 10.9. The summed E-state index contributed by atoms with van der Waals surface area (Å²) in [5.41, 5.74) is 0. The van der Waals surface area contributed by atoms with E-state index in [4.69, 9.17) is 16.7 Å². The molecule has 5 nitrogen and oxygen atoms in total. The molecule has 0 saturated heterocycles. The fourth-order valence-electron chi connectivity index (χ4n) is 1.37. The molecule has 6 heteroatoms. The first-order valence-electron chi connectivity index (χ1n) is 4.34. The molecule has 1 unspecified atom stereocenters. The summed E-state index contributed by atoms with van der Waals surface area (Å²) in [6.45, 7) is 0. The maximum atomic E-state index is 10.9. The molecule has 1 aliphatic heterocycles. The molecular formula is C9H8ClN3O2. The fraction of sp³-hybridized carbons (Fsp3) is 0.222. The highest BCUT2D eigenvalue weighted by atomic mass is 35.5. The van der Waals surface area contributed by atoms with Crippen molar-refractivity contribution < 1.29 is 9.90 Å². The Morgan fingerprint density at radius 3 is 3.00 bits per heavy atom. The Morgan fingerprint density at radius 1 is 1.60 bits per heavy atom. The molecule has 0 amide bonds. The summed E-state index contributed by atoms with van der Waals surface area (Å²) in [7, 11) is 0. The minimum Gasteiger partial charge on any atom is -0.480 e. The molecule has 0 aliphatic carbocycles. The number of anilines is 1. The highest BCUT2D eigenvalue weighted by Gasteiger charge is 2.33. The summed E-state index contributed by atoms with van der Waals surface area (Å²) in [6.07, 6.45) is 1.80. The lowest BCUT2D eigenvalue weighted by atomic mass is 10.2. The molecule has 0 saturated carbocycles. The van der Waals surface area contributed by atoms with Crippen LogP contribution in [0.4, 0.5) is 5.82 Å². The molecule has 78 valence electrons. The first-order valence-corrected chi connectivity index (χ1v) is 4.72. The monoisotopic (exact) mass is 225 g/mol. The zero-order valence-electron chi connectivity index (χ0n) is 7.67. The van der Waals surface area contributed by atoms with Crippen LogP contribution in [0.3, 0.4) is 0 Å². The smallest absolute Gasteiger partial charge is 0.329 e. The second kappa shape index (κ2) is 3.86. The van der Waals surface area contributed by atoms with Gasteiger partial charge in [0, 0.05) is 12.6 Å². The molecule has 2 heterocycles. The van der Waals surface area contributed by atoms with E-state index in [1.54, 1.807) is 24.4 Å². The average molecular weight is 226 g/mol. The lowest BCUT2D eigenvalue weighted by Crippen LogP contribution is -2.34. The van der Waals surface area contributed by atoms with Crippen LogP contribution in [0, 0.1) is 0 Å². The van der Waals surface area contributed by atoms with Crippen molar-refractivity contribution in [1.82, 2.24) is 4.98 Å². The number of hydrogen-bond donors (Lipinski definition) is 1. The van der Waals surface area contributed by atoms with Crippen LogP contribution in [-0.2, 0) is 4.79 Å². The van der Waals surface area contributed by atoms with Crippen molar-refractivity contribution in [2.75, 3.05) is 5.01 Å². The number of carbonyl (C=O) groups is 1. The lowest BCUT2D eigenvalue weighted by molar-refractivity contribution is -0.138. The van der Waals surface area contributed by atoms with Crippen LogP contribution in [0.1, 0.15) is 6.42 Å². The minimum atomic E-state index is -0.958. The van der Waals surface area contributed by atoms with Gasteiger partial charge >= 0.3 is 5.97 Å². The quantitative estimate of drug-likeness (QED) is 0.824. The van der Waals surface area contributed by atoms with Crippen LogP contribution in [0.15, 0.2) is 29.5 Å². The largest absolute Gasteiger partial charge is 0.480 e. The number of hydrazone groups is 1. The zero-order chi connectivity index (χ0) is 10.8. The normalized spacial score (nSPS) is 20.2. The van der Waals surface area contributed by atoms with Gasteiger partial charge in [-0.2, -0.15) is 5.10 Å². The lowest BCUT2D eigenvalue weighted by Gasteiger charge is -2.18. The van der Waals surface area contributed by atoms with Crippen LogP contribution in [0.25, 0.3) is 0 Å². The second-order valence-electron chi connectivity index (χ2n) is 3.07. The fourth-order valence-corrected chi connectivity index (χ4v) is 1.59. The van der Waals surface area contributed by atoms with Crippen molar-refractivity contribution in [3.8, 4) is 0 Å². The van der Waals surface area contributed by atoms with E-state index in [0.29, 0.717) is 5.82 Å². The number of hydrogen-bond acceptors (Lipinski definition) is 4. The van der Waals surface area contributed by atoms with Gasteiger partial charge in [0.2, 0.25) is 0 Å². The van der Waals surface area contributed by atoms with Crippen molar-refractivity contribution >= 4 is 28.6 Å².